The molecule has 0 radical (unpaired) electrons. The molecule has 3 nitrogen and oxygen atoms in total. The second kappa shape index (κ2) is 5.75. The Morgan fingerprint density at radius 1 is 1.20 bits per heavy atom. The lowest BCUT2D eigenvalue weighted by molar-refractivity contribution is -0.137. The van der Waals surface area contributed by atoms with Gasteiger partial charge in [-0.2, -0.15) is 0 Å². The molecule has 0 aliphatic rings. The van der Waals surface area contributed by atoms with Gasteiger partial charge in [0.1, 0.15) is 0 Å². The molecule has 0 atom stereocenters. The second-order valence-corrected chi connectivity index (χ2v) is 2.82. The van der Waals surface area contributed by atoms with Gasteiger partial charge in [-0.15, -0.1) is 0 Å². The molecule has 15 heavy (non-hydrogen) atoms. The average molecular weight is 204 g/mol. The van der Waals surface area contributed by atoms with E-state index in [1.54, 1.807) is 31.2 Å². The molecule has 0 fully saturated rings. The van der Waals surface area contributed by atoms with Crippen LogP contribution < -0.4 is 0 Å². The number of hydrogen-bond acceptors (Lipinski definition) is 3. The Labute approximate surface area is 88.4 Å². The molecule has 0 aliphatic carbocycles. The first kappa shape index (κ1) is 11.2. The molecular formula is C12H12O3. The third-order valence-corrected chi connectivity index (χ3v) is 1.72. The van der Waals surface area contributed by atoms with Gasteiger partial charge in [0, 0.05) is 11.6 Å². The van der Waals surface area contributed by atoms with Crippen molar-refractivity contribution in [3.05, 3.63) is 48.0 Å². The van der Waals surface area contributed by atoms with E-state index in [2.05, 4.69) is 4.74 Å². The van der Waals surface area contributed by atoms with Crippen LogP contribution in [0.2, 0.25) is 0 Å². The highest BCUT2D eigenvalue weighted by atomic mass is 16.5. The second-order valence-electron chi connectivity index (χ2n) is 2.82. The molecule has 0 unspecified atom stereocenters. The van der Waals surface area contributed by atoms with Crippen molar-refractivity contribution in [1.82, 2.24) is 0 Å². The minimum atomic E-state index is -0.498. The third-order valence-electron chi connectivity index (χ3n) is 1.72. The number of benzene rings is 1. The van der Waals surface area contributed by atoms with Crippen LogP contribution in [0.15, 0.2) is 42.5 Å². The molecule has 0 heterocycles. The van der Waals surface area contributed by atoms with E-state index in [0.717, 1.165) is 6.08 Å². The lowest BCUT2D eigenvalue weighted by atomic mass is 10.1. The Kier molecular flexibility index (Phi) is 4.29. The van der Waals surface area contributed by atoms with Crippen molar-refractivity contribution < 1.29 is 14.3 Å². The minimum Gasteiger partial charge on any atom is -0.463 e. The summed E-state index contributed by atoms with van der Waals surface area (Å²) in [7, 11) is 0. The van der Waals surface area contributed by atoms with E-state index < -0.39 is 5.97 Å². The Bertz CT molecular complexity index is 366. The van der Waals surface area contributed by atoms with Gasteiger partial charge in [0.25, 0.3) is 0 Å². The highest BCUT2D eigenvalue weighted by molar-refractivity contribution is 6.06. The van der Waals surface area contributed by atoms with Crippen LogP contribution in [0.4, 0.5) is 0 Å². The number of ether oxygens (including phenoxy) is 1. The van der Waals surface area contributed by atoms with E-state index in [9.17, 15) is 9.59 Å². The standard InChI is InChI=1S/C12H12O3/c1-2-15-12(14)9-8-11(13)10-6-4-3-5-7-10/h3-9H,2H2,1H3. The maximum Gasteiger partial charge on any atom is 0.330 e. The number of carbonyl (C=O) groups excluding carboxylic acids is 2. The molecule has 0 spiro atoms. The van der Waals surface area contributed by atoms with Crippen molar-refractivity contribution in [2.45, 2.75) is 6.92 Å². The predicted molar refractivity (Wildman–Crippen MR) is 56.5 cm³/mol. The van der Waals surface area contributed by atoms with Gasteiger partial charge in [0.2, 0.25) is 0 Å². The van der Waals surface area contributed by atoms with Crippen molar-refractivity contribution in [2.75, 3.05) is 6.61 Å². The topological polar surface area (TPSA) is 43.4 Å². The molecule has 0 amide bonds. The summed E-state index contributed by atoms with van der Waals surface area (Å²) in [6.45, 7) is 2.02. The quantitative estimate of drug-likeness (QED) is 0.428. The van der Waals surface area contributed by atoms with Crippen molar-refractivity contribution in [3.63, 3.8) is 0 Å². The molecule has 78 valence electrons. The van der Waals surface area contributed by atoms with Crippen molar-refractivity contribution in [1.29, 1.82) is 0 Å². The van der Waals surface area contributed by atoms with E-state index in [0.29, 0.717) is 12.2 Å². The molecular weight excluding hydrogens is 192 g/mol. The third kappa shape index (κ3) is 3.77. The van der Waals surface area contributed by atoms with E-state index >= 15 is 0 Å². The average Bonchev–Trinajstić information content (AvgIpc) is 2.27. The van der Waals surface area contributed by atoms with Gasteiger partial charge in [0.05, 0.1) is 6.61 Å². The molecule has 1 aromatic rings. The Morgan fingerprint density at radius 2 is 1.87 bits per heavy atom. The molecule has 0 bridgehead atoms. The molecule has 1 aromatic carbocycles. The highest BCUT2D eigenvalue weighted by Crippen LogP contribution is 2.00. The molecule has 0 aliphatic heterocycles. The van der Waals surface area contributed by atoms with Crippen LogP contribution in [0.25, 0.3) is 0 Å². The summed E-state index contributed by atoms with van der Waals surface area (Å²) in [5.41, 5.74) is 0.554. The number of allylic oxidation sites excluding steroid dienone is 1. The molecule has 1 rings (SSSR count). The van der Waals surface area contributed by atoms with Crippen LogP contribution in [0, 0.1) is 0 Å². The van der Waals surface area contributed by atoms with Crippen LogP contribution in [-0.2, 0) is 9.53 Å². The van der Waals surface area contributed by atoms with Gasteiger partial charge in [-0.1, -0.05) is 30.3 Å². The Morgan fingerprint density at radius 3 is 2.47 bits per heavy atom. The monoisotopic (exact) mass is 204 g/mol. The summed E-state index contributed by atoms with van der Waals surface area (Å²) in [5.74, 6) is -0.703. The summed E-state index contributed by atoms with van der Waals surface area (Å²) in [6, 6.07) is 8.75. The lowest BCUT2D eigenvalue weighted by Gasteiger charge is -1.95. The van der Waals surface area contributed by atoms with Gasteiger partial charge in [-0.05, 0) is 13.0 Å². The summed E-state index contributed by atoms with van der Waals surface area (Å²) in [6.07, 6.45) is 2.35. The fourth-order valence-corrected chi connectivity index (χ4v) is 1.03. The van der Waals surface area contributed by atoms with Crippen LogP contribution >= 0.6 is 0 Å². The molecule has 0 aromatic heterocycles. The van der Waals surface area contributed by atoms with Crippen LogP contribution in [0.1, 0.15) is 17.3 Å². The Hall–Kier alpha value is -1.90. The highest BCUT2D eigenvalue weighted by Gasteiger charge is 2.01. The van der Waals surface area contributed by atoms with E-state index in [4.69, 9.17) is 0 Å². The number of rotatable bonds is 4. The van der Waals surface area contributed by atoms with Crippen LogP contribution in [-0.4, -0.2) is 18.4 Å². The molecule has 0 saturated carbocycles. The summed E-state index contributed by atoms with van der Waals surface area (Å²) in [4.78, 5) is 22.4. The van der Waals surface area contributed by atoms with E-state index in [-0.39, 0.29) is 5.78 Å². The van der Waals surface area contributed by atoms with Gasteiger partial charge >= 0.3 is 5.97 Å². The van der Waals surface area contributed by atoms with Crippen molar-refractivity contribution >= 4 is 11.8 Å². The first-order valence-electron chi connectivity index (χ1n) is 4.68. The van der Waals surface area contributed by atoms with E-state index in [1.165, 1.54) is 6.08 Å². The van der Waals surface area contributed by atoms with Crippen molar-refractivity contribution in [2.24, 2.45) is 0 Å². The minimum absolute atomic E-state index is 0.205. The fraction of sp³-hybridized carbons (Fsp3) is 0.167. The van der Waals surface area contributed by atoms with Gasteiger partial charge in [-0.25, -0.2) is 4.79 Å². The number of ketones is 1. The largest absolute Gasteiger partial charge is 0.463 e. The van der Waals surface area contributed by atoms with Crippen LogP contribution in [0.3, 0.4) is 0 Å². The first-order chi connectivity index (χ1) is 7.24. The molecule has 0 N–H and O–H groups in total. The van der Waals surface area contributed by atoms with Crippen LogP contribution in [0.5, 0.6) is 0 Å². The first-order valence-corrected chi connectivity index (χ1v) is 4.68. The number of carbonyl (C=O) groups is 2. The maximum absolute atomic E-state index is 11.5. The zero-order valence-electron chi connectivity index (χ0n) is 8.47. The Balaban J connectivity index is 2.60. The van der Waals surface area contributed by atoms with Crippen molar-refractivity contribution in [3.8, 4) is 0 Å². The SMILES string of the molecule is CCOC(=O)C=CC(=O)c1ccccc1. The number of esters is 1. The predicted octanol–water partition coefficient (Wildman–Crippen LogP) is 1.99. The zero-order valence-corrected chi connectivity index (χ0v) is 8.47. The lowest BCUT2D eigenvalue weighted by Crippen LogP contribution is -2.01. The summed E-state index contributed by atoms with van der Waals surface area (Å²) < 4.78 is 4.65. The van der Waals surface area contributed by atoms with E-state index in [1.807, 2.05) is 6.07 Å². The van der Waals surface area contributed by atoms with Gasteiger partial charge < -0.3 is 4.74 Å². The summed E-state index contributed by atoms with van der Waals surface area (Å²) in [5, 5.41) is 0. The molecule has 0 saturated heterocycles. The van der Waals surface area contributed by atoms with Gasteiger partial charge in [0.15, 0.2) is 5.78 Å². The number of hydrogen-bond donors (Lipinski definition) is 0. The normalized spacial score (nSPS) is 10.2. The molecule has 3 heteroatoms. The summed E-state index contributed by atoms with van der Waals surface area (Å²) >= 11 is 0. The fourth-order valence-electron chi connectivity index (χ4n) is 1.03. The van der Waals surface area contributed by atoms with Gasteiger partial charge in [-0.3, -0.25) is 4.79 Å². The smallest absolute Gasteiger partial charge is 0.330 e. The zero-order chi connectivity index (χ0) is 11.1. The maximum atomic E-state index is 11.5.